The van der Waals surface area contributed by atoms with Gasteiger partial charge in [-0.3, -0.25) is 4.79 Å². The van der Waals surface area contributed by atoms with E-state index in [9.17, 15) is 18.0 Å². The molecule has 3 rings (SSSR count). The van der Waals surface area contributed by atoms with Crippen molar-refractivity contribution in [2.24, 2.45) is 0 Å². The fraction of sp³-hybridized carbons (Fsp3) is 0.222. The van der Waals surface area contributed by atoms with E-state index in [0.29, 0.717) is 16.9 Å². The van der Waals surface area contributed by atoms with E-state index in [1.165, 1.54) is 31.0 Å². The first-order chi connectivity index (χ1) is 12.8. The SMILES string of the molecule is COc1ccc(C(C)=O)cc1Cn1nnc(-c2cccc(C(F)(F)F)c2)n1. The minimum Gasteiger partial charge on any atom is -0.496 e. The second-order valence-corrected chi connectivity index (χ2v) is 5.80. The van der Waals surface area contributed by atoms with E-state index in [4.69, 9.17) is 4.74 Å². The minimum absolute atomic E-state index is 0.0720. The number of alkyl halides is 3. The predicted octanol–water partition coefficient (Wildman–Crippen LogP) is 3.62. The highest BCUT2D eigenvalue weighted by Gasteiger charge is 2.30. The lowest BCUT2D eigenvalue weighted by Crippen LogP contribution is -2.07. The molecule has 0 atom stereocenters. The van der Waals surface area contributed by atoms with Crippen LogP contribution in [0.5, 0.6) is 5.75 Å². The van der Waals surface area contributed by atoms with Crippen molar-refractivity contribution in [1.82, 2.24) is 20.2 Å². The number of rotatable bonds is 5. The summed E-state index contributed by atoms with van der Waals surface area (Å²) in [6.45, 7) is 1.60. The van der Waals surface area contributed by atoms with Crippen LogP contribution in [0.2, 0.25) is 0 Å². The second-order valence-electron chi connectivity index (χ2n) is 5.80. The van der Waals surface area contributed by atoms with Gasteiger partial charge in [0, 0.05) is 16.7 Å². The molecule has 0 bridgehead atoms. The summed E-state index contributed by atoms with van der Waals surface area (Å²) in [5, 5.41) is 11.8. The summed E-state index contributed by atoms with van der Waals surface area (Å²) < 4.78 is 43.9. The molecule has 1 heterocycles. The van der Waals surface area contributed by atoms with Gasteiger partial charge in [-0.1, -0.05) is 12.1 Å². The largest absolute Gasteiger partial charge is 0.496 e. The number of carbonyl (C=O) groups excluding carboxylic acids is 1. The Hall–Kier alpha value is -3.23. The molecular formula is C18H15F3N4O2. The van der Waals surface area contributed by atoms with Crippen molar-refractivity contribution >= 4 is 5.78 Å². The van der Waals surface area contributed by atoms with Gasteiger partial charge in [-0.25, -0.2) is 0 Å². The quantitative estimate of drug-likeness (QED) is 0.636. The Bertz CT molecular complexity index is 983. The van der Waals surface area contributed by atoms with Crippen LogP contribution in [0.25, 0.3) is 11.4 Å². The van der Waals surface area contributed by atoms with E-state index >= 15 is 0 Å². The van der Waals surface area contributed by atoms with Crippen LogP contribution in [0.15, 0.2) is 42.5 Å². The van der Waals surface area contributed by atoms with Crippen molar-refractivity contribution in [2.45, 2.75) is 19.6 Å². The van der Waals surface area contributed by atoms with Crippen LogP contribution >= 0.6 is 0 Å². The number of nitrogens with zero attached hydrogens (tertiary/aromatic N) is 4. The molecule has 0 fully saturated rings. The highest BCUT2D eigenvalue weighted by Crippen LogP contribution is 2.31. The zero-order valence-corrected chi connectivity index (χ0v) is 14.5. The molecule has 6 nitrogen and oxygen atoms in total. The number of aromatic nitrogens is 4. The molecular weight excluding hydrogens is 361 g/mol. The molecule has 0 N–H and O–H groups in total. The van der Waals surface area contributed by atoms with Gasteiger partial charge in [-0.15, -0.1) is 10.2 Å². The summed E-state index contributed by atoms with van der Waals surface area (Å²) >= 11 is 0. The molecule has 0 saturated carbocycles. The van der Waals surface area contributed by atoms with Gasteiger partial charge < -0.3 is 4.74 Å². The first-order valence-electron chi connectivity index (χ1n) is 7.91. The van der Waals surface area contributed by atoms with Crippen LogP contribution in [0.4, 0.5) is 13.2 Å². The summed E-state index contributed by atoms with van der Waals surface area (Å²) in [6.07, 6.45) is -4.45. The third kappa shape index (κ3) is 4.13. The molecule has 9 heteroatoms. The highest BCUT2D eigenvalue weighted by atomic mass is 19.4. The Morgan fingerprint density at radius 1 is 1.19 bits per heavy atom. The summed E-state index contributed by atoms with van der Waals surface area (Å²) in [5.41, 5.74) is 0.579. The highest BCUT2D eigenvalue weighted by molar-refractivity contribution is 5.94. The van der Waals surface area contributed by atoms with Gasteiger partial charge in [0.2, 0.25) is 5.82 Å². The van der Waals surface area contributed by atoms with Crippen LogP contribution in [-0.4, -0.2) is 33.1 Å². The molecule has 3 aromatic rings. The summed E-state index contributed by atoms with van der Waals surface area (Å²) in [6, 6.07) is 9.69. The minimum atomic E-state index is -4.45. The van der Waals surface area contributed by atoms with Crippen molar-refractivity contribution in [3.8, 4) is 17.1 Å². The van der Waals surface area contributed by atoms with E-state index in [-0.39, 0.29) is 23.7 Å². The third-order valence-corrected chi connectivity index (χ3v) is 3.90. The number of tetrazole rings is 1. The van der Waals surface area contributed by atoms with Crippen LogP contribution in [0, 0.1) is 0 Å². The van der Waals surface area contributed by atoms with Crippen LogP contribution in [-0.2, 0) is 12.7 Å². The van der Waals surface area contributed by atoms with Crippen molar-refractivity contribution in [2.75, 3.05) is 7.11 Å². The van der Waals surface area contributed by atoms with E-state index < -0.39 is 11.7 Å². The molecule has 0 amide bonds. The molecule has 2 aromatic carbocycles. The summed E-state index contributed by atoms with van der Waals surface area (Å²) in [4.78, 5) is 12.8. The number of benzene rings is 2. The molecule has 140 valence electrons. The number of hydrogen-bond donors (Lipinski definition) is 0. The molecule has 1 aromatic heterocycles. The normalized spacial score (nSPS) is 11.4. The predicted molar refractivity (Wildman–Crippen MR) is 90.4 cm³/mol. The molecule has 0 aliphatic carbocycles. The van der Waals surface area contributed by atoms with Gasteiger partial charge in [0.25, 0.3) is 0 Å². The topological polar surface area (TPSA) is 69.9 Å². The average Bonchev–Trinajstić information content (AvgIpc) is 3.09. The van der Waals surface area contributed by atoms with Gasteiger partial charge in [0.15, 0.2) is 5.78 Å². The maximum absolute atomic E-state index is 12.9. The molecule has 0 spiro atoms. The van der Waals surface area contributed by atoms with Gasteiger partial charge in [-0.2, -0.15) is 18.0 Å². The van der Waals surface area contributed by atoms with Crippen LogP contribution in [0.3, 0.4) is 0 Å². The lowest BCUT2D eigenvalue weighted by atomic mass is 10.1. The molecule has 0 aliphatic heterocycles. The fourth-order valence-corrected chi connectivity index (χ4v) is 2.53. The number of ketones is 1. The molecule has 0 aliphatic rings. The maximum Gasteiger partial charge on any atom is 0.416 e. The zero-order valence-electron chi connectivity index (χ0n) is 14.5. The van der Waals surface area contributed by atoms with Crippen molar-refractivity contribution in [1.29, 1.82) is 0 Å². The van der Waals surface area contributed by atoms with Crippen LogP contribution < -0.4 is 4.74 Å². The monoisotopic (exact) mass is 376 g/mol. The molecule has 0 unspecified atom stereocenters. The number of halogens is 3. The Morgan fingerprint density at radius 3 is 2.63 bits per heavy atom. The Balaban J connectivity index is 1.89. The van der Waals surface area contributed by atoms with Crippen molar-refractivity contribution in [3.05, 3.63) is 59.2 Å². The number of Topliss-reactive ketones (excluding diaryl/α,β-unsaturated/α-hetero) is 1. The second kappa shape index (κ2) is 7.18. The van der Waals surface area contributed by atoms with Gasteiger partial charge >= 0.3 is 6.18 Å². The lowest BCUT2D eigenvalue weighted by molar-refractivity contribution is -0.137. The van der Waals surface area contributed by atoms with Gasteiger partial charge in [-0.05, 0) is 42.5 Å². The first kappa shape index (κ1) is 18.6. The molecule has 0 radical (unpaired) electrons. The smallest absolute Gasteiger partial charge is 0.416 e. The van der Waals surface area contributed by atoms with E-state index in [0.717, 1.165) is 12.1 Å². The Morgan fingerprint density at radius 2 is 1.96 bits per heavy atom. The average molecular weight is 376 g/mol. The number of methoxy groups -OCH3 is 1. The van der Waals surface area contributed by atoms with Gasteiger partial charge in [0.05, 0.1) is 19.2 Å². The standard InChI is InChI=1S/C18H15F3N4O2/c1-11(26)12-6-7-16(27-2)14(8-12)10-25-23-17(22-24-25)13-4-3-5-15(9-13)18(19,20)21/h3-9H,10H2,1-2H3. The Kier molecular flexibility index (Phi) is 4.93. The van der Waals surface area contributed by atoms with Gasteiger partial charge in [0.1, 0.15) is 5.75 Å². The fourth-order valence-electron chi connectivity index (χ4n) is 2.53. The van der Waals surface area contributed by atoms with Crippen LogP contribution in [0.1, 0.15) is 28.4 Å². The molecule has 0 saturated heterocycles. The summed E-state index contributed by atoms with van der Waals surface area (Å²) in [7, 11) is 1.50. The summed E-state index contributed by atoms with van der Waals surface area (Å²) in [5.74, 6) is 0.510. The zero-order chi connectivity index (χ0) is 19.6. The number of carbonyl (C=O) groups is 1. The number of hydrogen-bond acceptors (Lipinski definition) is 5. The van der Waals surface area contributed by atoms with Crippen molar-refractivity contribution in [3.63, 3.8) is 0 Å². The maximum atomic E-state index is 12.9. The first-order valence-corrected chi connectivity index (χ1v) is 7.91. The lowest BCUT2D eigenvalue weighted by Gasteiger charge is -2.09. The van der Waals surface area contributed by atoms with E-state index in [1.807, 2.05) is 0 Å². The van der Waals surface area contributed by atoms with E-state index in [1.54, 1.807) is 18.2 Å². The molecule has 27 heavy (non-hydrogen) atoms. The van der Waals surface area contributed by atoms with Crippen molar-refractivity contribution < 1.29 is 22.7 Å². The third-order valence-electron chi connectivity index (χ3n) is 3.90. The van der Waals surface area contributed by atoms with E-state index in [2.05, 4.69) is 15.4 Å². The number of ether oxygens (including phenoxy) is 1. The Labute approximate surface area is 152 Å².